The molecule has 0 radical (unpaired) electrons. The molecule has 0 saturated heterocycles. The molecule has 0 bridgehead atoms. The number of halogens is 1. The van der Waals surface area contributed by atoms with Gasteiger partial charge in [0.1, 0.15) is 6.67 Å². The van der Waals surface area contributed by atoms with Gasteiger partial charge in [0.05, 0.1) is 18.6 Å². The van der Waals surface area contributed by atoms with E-state index in [-0.39, 0.29) is 6.67 Å². The van der Waals surface area contributed by atoms with Crippen molar-refractivity contribution in [3.63, 3.8) is 0 Å². The maximum atomic E-state index is 11.9. The first-order valence-corrected chi connectivity index (χ1v) is 3.58. The molecule has 0 aliphatic carbocycles. The molecule has 0 saturated carbocycles. The third-order valence-electron chi connectivity index (χ3n) is 1.48. The predicted molar refractivity (Wildman–Crippen MR) is 41.0 cm³/mol. The molecule has 1 heterocycles. The molecule has 0 fully saturated rings. The molecule has 1 rings (SSSR count). The smallest absolute Gasteiger partial charge is 0.107 e. The monoisotopic (exact) mass is 157 g/mol. The second kappa shape index (κ2) is 4.08. The Morgan fingerprint density at radius 1 is 1.73 bits per heavy atom. The number of nitrogens with zero attached hydrogens (tertiary/aromatic N) is 2. The van der Waals surface area contributed by atoms with Crippen LogP contribution in [0.4, 0.5) is 4.39 Å². The van der Waals surface area contributed by atoms with Crippen LogP contribution in [0.3, 0.4) is 0 Å². The Morgan fingerprint density at radius 3 is 3.18 bits per heavy atom. The molecule has 1 N–H and O–H groups in total. The van der Waals surface area contributed by atoms with Crippen LogP contribution in [0, 0.1) is 0 Å². The van der Waals surface area contributed by atoms with E-state index in [2.05, 4.69) is 10.3 Å². The quantitative estimate of drug-likeness (QED) is 0.692. The minimum Gasteiger partial charge on any atom is -0.331 e. The van der Waals surface area contributed by atoms with Gasteiger partial charge in [-0.3, -0.25) is 0 Å². The summed E-state index contributed by atoms with van der Waals surface area (Å²) in [6.45, 7) is 0.796. The molecule has 1 aromatic rings. The highest BCUT2D eigenvalue weighted by molar-refractivity contribution is 4.97. The minimum atomic E-state index is -0.340. The molecule has 0 amide bonds. The van der Waals surface area contributed by atoms with Gasteiger partial charge in [0, 0.05) is 12.7 Å². The normalized spacial score (nSPS) is 10.4. The first kappa shape index (κ1) is 8.20. The van der Waals surface area contributed by atoms with Crippen LogP contribution in [0.1, 0.15) is 5.69 Å². The Bertz CT molecular complexity index is 189. The van der Waals surface area contributed by atoms with E-state index in [4.69, 9.17) is 0 Å². The zero-order chi connectivity index (χ0) is 8.10. The molecule has 11 heavy (non-hydrogen) atoms. The molecule has 0 unspecified atom stereocenters. The van der Waals surface area contributed by atoms with Crippen LogP contribution in [0.5, 0.6) is 0 Å². The highest BCUT2D eigenvalue weighted by atomic mass is 19.1. The Morgan fingerprint density at radius 2 is 2.55 bits per heavy atom. The second-order valence-electron chi connectivity index (χ2n) is 2.30. The standard InChI is InChI=1S/C7H12FN3/c1-9-4-7-5-10-6-11(7)3-2-8/h5-6,9H,2-4H2,1H3. The van der Waals surface area contributed by atoms with E-state index >= 15 is 0 Å². The van der Waals surface area contributed by atoms with Crippen LogP contribution in [0.2, 0.25) is 0 Å². The van der Waals surface area contributed by atoms with E-state index in [1.165, 1.54) is 0 Å². The van der Waals surface area contributed by atoms with E-state index in [0.717, 1.165) is 12.2 Å². The fraction of sp³-hybridized carbons (Fsp3) is 0.571. The molecule has 0 aliphatic rings. The van der Waals surface area contributed by atoms with Gasteiger partial charge in [0.15, 0.2) is 0 Å². The summed E-state index contributed by atoms with van der Waals surface area (Å²) in [7, 11) is 1.85. The lowest BCUT2D eigenvalue weighted by atomic mass is 10.4. The first-order chi connectivity index (χ1) is 5.38. The van der Waals surface area contributed by atoms with E-state index in [9.17, 15) is 4.39 Å². The highest BCUT2D eigenvalue weighted by Crippen LogP contribution is 1.97. The highest BCUT2D eigenvalue weighted by Gasteiger charge is 1.98. The molecule has 3 nitrogen and oxygen atoms in total. The van der Waals surface area contributed by atoms with Gasteiger partial charge >= 0.3 is 0 Å². The summed E-state index contributed by atoms with van der Waals surface area (Å²) in [4.78, 5) is 3.92. The van der Waals surface area contributed by atoms with Crippen LogP contribution >= 0.6 is 0 Å². The van der Waals surface area contributed by atoms with Gasteiger partial charge < -0.3 is 9.88 Å². The van der Waals surface area contributed by atoms with Crippen molar-refractivity contribution >= 4 is 0 Å². The van der Waals surface area contributed by atoms with Crippen molar-refractivity contribution in [3.05, 3.63) is 18.2 Å². The number of alkyl halides is 1. The maximum Gasteiger partial charge on any atom is 0.107 e. The largest absolute Gasteiger partial charge is 0.331 e. The zero-order valence-corrected chi connectivity index (χ0v) is 6.55. The fourth-order valence-electron chi connectivity index (χ4n) is 0.969. The lowest BCUT2D eigenvalue weighted by Gasteiger charge is -2.03. The molecule has 0 spiro atoms. The molecule has 0 aliphatic heterocycles. The molecule has 1 aromatic heterocycles. The Kier molecular flexibility index (Phi) is 3.04. The van der Waals surface area contributed by atoms with Crippen molar-refractivity contribution in [1.29, 1.82) is 0 Å². The number of hydrogen-bond acceptors (Lipinski definition) is 2. The van der Waals surface area contributed by atoms with E-state index < -0.39 is 0 Å². The zero-order valence-electron chi connectivity index (χ0n) is 6.55. The third kappa shape index (κ3) is 2.01. The lowest BCUT2D eigenvalue weighted by Crippen LogP contribution is -2.11. The maximum absolute atomic E-state index is 11.9. The van der Waals surface area contributed by atoms with Crippen molar-refractivity contribution in [2.75, 3.05) is 13.7 Å². The molecular formula is C7H12FN3. The minimum absolute atomic E-state index is 0.340. The summed E-state index contributed by atoms with van der Waals surface area (Å²) in [5.41, 5.74) is 1.02. The van der Waals surface area contributed by atoms with Crippen molar-refractivity contribution in [2.45, 2.75) is 13.1 Å². The van der Waals surface area contributed by atoms with E-state index in [1.54, 1.807) is 17.1 Å². The summed E-state index contributed by atoms with van der Waals surface area (Å²) in [5.74, 6) is 0. The Balaban J connectivity index is 2.62. The van der Waals surface area contributed by atoms with Gasteiger partial charge in [0.25, 0.3) is 0 Å². The molecule has 0 aromatic carbocycles. The summed E-state index contributed by atoms with van der Waals surface area (Å²) in [5, 5.41) is 2.99. The Hall–Kier alpha value is -0.900. The van der Waals surface area contributed by atoms with Crippen LogP contribution in [-0.4, -0.2) is 23.3 Å². The van der Waals surface area contributed by atoms with Crippen molar-refractivity contribution in [1.82, 2.24) is 14.9 Å². The molecule has 0 atom stereocenters. The van der Waals surface area contributed by atoms with Crippen molar-refractivity contribution in [3.8, 4) is 0 Å². The number of aromatic nitrogens is 2. The third-order valence-corrected chi connectivity index (χ3v) is 1.48. The van der Waals surface area contributed by atoms with Gasteiger partial charge in [-0.2, -0.15) is 0 Å². The second-order valence-corrected chi connectivity index (χ2v) is 2.30. The number of aryl methyl sites for hydroxylation is 1. The van der Waals surface area contributed by atoms with Gasteiger partial charge in [-0.1, -0.05) is 0 Å². The van der Waals surface area contributed by atoms with Crippen LogP contribution in [0.25, 0.3) is 0 Å². The van der Waals surface area contributed by atoms with Crippen LogP contribution in [0.15, 0.2) is 12.5 Å². The molecular weight excluding hydrogens is 145 g/mol. The van der Waals surface area contributed by atoms with Gasteiger partial charge in [-0.25, -0.2) is 9.37 Å². The van der Waals surface area contributed by atoms with Gasteiger partial charge in [0.2, 0.25) is 0 Å². The lowest BCUT2D eigenvalue weighted by molar-refractivity contribution is 0.438. The van der Waals surface area contributed by atoms with Gasteiger partial charge in [-0.15, -0.1) is 0 Å². The predicted octanol–water partition coefficient (Wildman–Crippen LogP) is 0.572. The number of hydrogen-bond donors (Lipinski definition) is 1. The average Bonchev–Trinajstić information content (AvgIpc) is 2.39. The summed E-state index contributed by atoms with van der Waals surface area (Å²) < 4.78 is 13.7. The number of rotatable bonds is 4. The summed E-state index contributed by atoms with van der Waals surface area (Å²) in [6.07, 6.45) is 3.39. The van der Waals surface area contributed by atoms with E-state index in [0.29, 0.717) is 6.54 Å². The topological polar surface area (TPSA) is 29.9 Å². The van der Waals surface area contributed by atoms with Gasteiger partial charge in [-0.05, 0) is 7.05 Å². The fourth-order valence-corrected chi connectivity index (χ4v) is 0.969. The van der Waals surface area contributed by atoms with Crippen LogP contribution < -0.4 is 5.32 Å². The summed E-state index contributed by atoms with van der Waals surface area (Å²) in [6, 6.07) is 0. The summed E-state index contributed by atoms with van der Waals surface area (Å²) >= 11 is 0. The first-order valence-electron chi connectivity index (χ1n) is 3.58. The molecule has 62 valence electrons. The van der Waals surface area contributed by atoms with Crippen molar-refractivity contribution < 1.29 is 4.39 Å². The molecule has 4 heteroatoms. The average molecular weight is 157 g/mol. The Labute approximate surface area is 65.2 Å². The SMILES string of the molecule is CNCc1cncn1CCF. The number of nitrogens with one attached hydrogen (secondary N) is 1. The van der Waals surface area contributed by atoms with E-state index in [1.807, 2.05) is 7.05 Å². The van der Waals surface area contributed by atoms with Crippen LogP contribution in [-0.2, 0) is 13.1 Å². The number of imidazole rings is 1. The van der Waals surface area contributed by atoms with Crippen molar-refractivity contribution in [2.24, 2.45) is 0 Å².